The SMILES string of the molecule is C1=CC(c2ccccc2)Cc2ccc(-c3nc(-c4ccccc4)nc(-c4ccc(-c5ccccc5)c5oc6ccccc6c45)n3)cc21. The number of allylic oxidation sites excluding steroid dienone is 1. The zero-order valence-electron chi connectivity index (χ0n) is 25.5. The highest BCUT2D eigenvalue weighted by atomic mass is 16.3. The van der Waals surface area contributed by atoms with Crippen LogP contribution in [0.25, 0.3) is 73.3 Å². The maximum atomic E-state index is 6.55. The molecule has 0 saturated heterocycles. The van der Waals surface area contributed by atoms with Crippen LogP contribution in [-0.4, -0.2) is 15.0 Å². The molecule has 0 radical (unpaired) electrons. The molecule has 0 N–H and O–H groups in total. The summed E-state index contributed by atoms with van der Waals surface area (Å²) in [6.45, 7) is 0. The van der Waals surface area contributed by atoms with Crippen LogP contribution in [0.1, 0.15) is 22.6 Å². The van der Waals surface area contributed by atoms with E-state index in [9.17, 15) is 0 Å². The molecule has 0 fully saturated rings. The molecule has 1 aliphatic rings. The van der Waals surface area contributed by atoms with Crippen molar-refractivity contribution in [1.29, 1.82) is 0 Å². The van der Waals surface area contributed by atoms with Gasteiger partial charge in [-0.1, -0.05) is 133 Å². The predicted octanol–water partition coefficient (Wildman–Crippen LogP) is 10.8. The minimum atomic E-state index is 0.370. The van der Waals surface area contributed by atoms with Gasteiger partial charge in [0.15, 0.2) is 17.5 Å². The first kappa shape index (κ1) is 27.2. The van der Waals surface area contributed by atoms with Gasteiger partial charge in [-0.25, -0.2) is 15.0 Å². The zero-order valence-corrected chi connectivity index (χ0v) is 25.5. The number of hydrogen-bond acceptors (Lipinski definition) is 4. The smallest absolute Gasteiger partial charge is 0.164 e. The van der Waals surface area contributed by atoms with E-state index in [1.165, 1.54) is 16.7 Å². The summed E-state index contributed by atoms with van der Waals surface area (Å²) in [5.74, 6) is 2.26. The normalized spacial score (nSPS) is 14.0. The molecule has 0 spiro atoms. The molecule has 4 heteroatoms. The molecule has 0 amide bonds. The number of nitrogens with zero attached hydrogens (tertiary/aromatic N) is 3. The van der Waals surface area contributed by atoms with E-state index < -0.39 is 0 Å². The molecular formula is C43H29N3O. The molecule has 1 aliphatic carbocycles. The maximum absolute atomic E-state index is 6.55. The minimum Gasteiger partial charge on any atom is -0.455 e. The van der Waals surface area contributed by atoms with Crippen LogP contribution >= 0.6 is 0 Å². The predicted molar refractivity (Wildman–Crippen MR) is 191 cm³/mol. The van der Waals surface area contributed by atoms with Crippen LogP contribution in [0.3, 0.4) is 0 Å². The minimum absolute atomic E-state index is 0.370. The quantitative estimate of drug-likeness (QED) is 0.196. The summed E-state index contributed by atoms with van der Waals surface area (Å²) in [6, 6.07) is 50.2. The molecule has 0 saturated carbocycles. The van der Waals surface area contributed by atoms with Crippen molar-refractivity contribution in [2.75, 3.05) is 0 Å². The van der Waals surface area contributed by atoms with Crippen molar-refractivity contribution in [3.63, 3.8) is 0 Å². The lowest BCUT2D eigenvalue weighted by Gasteiger charge is -2.20. The number of hydrogen-bond donors (Lipinski definition) is 0. The van der Waals surface area contributed by atoms with E-state index in [0.29, 0.717) is 23.4 Å². The topological polar surface area (TPSA) is 51.8 Å². The number of fused-ring (bicyclic) bond motifs is 4. The second kappa shape index (κ2) is 11.3. The van der Waals surface area contributed by atoms with Gasteiger partial charge in [0.2, 0.25) is 0 Å². The van der Waals surface area contributed by atoms with Crippen molar-refractivity contribution < 1.29 is 4.42 Å². The van der Waals surface area contributed by atoms with E-state index in [0.717, 1.165) is 56.2 Å². The third-order valence-electron chi connectivity index (χ3n) is 9.10. The van der Waals surface area contributed by atoms with E-state index in [2.05, 4.69) is 103 Å². The van der Waals surface area contributed by atoms with Crippen molar-refractivity contribution >= 4 is 28.0 Å². The highest BCUT2D eigenvalue weighted by Gasteiger charge is 2.21. The Morgan fingerprint density at radius 2 is 1.17 bits per heavy atom. The number of rotatable bonds is 5. The Bertz CT molecular complexity index is 2430. The molecule has 9 rings (SSSR count). The Kier molecular flexibility index (Phi) is 6.57. The highest BCUT2D eigenvalue weighted by molar-refractivity contribution is 6.15. The Hall–Kier alpha value is -6.13. The van der Waals surface area contributed by atoms with E-state index >= 15 is 0 Å². The molecule has 0 aliphatic heterocycles. The fourth-order valence-electron chi connectivity index (χ4n) is 6.73. The zero-order chi connectivity index (χ0) is 31.2. The van der Waals surface area contributed by atoms with Crippen molar-refractivity contribution in [3.05, 3.63) is 168 Å². The van der Waals surface area contributed by atoms with E-state index in [-0.39, 0.29) is 0 Å². The van der Waals surface area contributed by atoms with Gasteiger partial charge in [-0.05, 0) is 52.9 Å². The summed E-state index contributed by atoms with van der Waals surface area (Å²) < 4.78 is 6.55. The van der Waals surface area contributed by atoms with Crippen LogP contribution in [0.2, 0.25) is 0 Å². The van der Waals surface area contributed by atoms with Gasteiger partial charge in [0, 0.05) is 38.9 Å². The van der Waals surface area contributed by atoms with Crippen molar-refractivity contribution in [3.8, 4) is 45.3 Å². The monoisotopic (exact) mass is 603 g/mol. The summed E-state index contributed by atoms with van der Waals surface area (Å²) in [7, 11) is 0. The van der Waals surface area contributed by atoms with Crippen molar-refractivity contribution in [2.24, 2.45) is 0 Å². The first-order chi connectivity index (χ1) is 23.3. The van der Waals surface area contributed by atoms with Crippen LogP contribution in [0.4, 0.5) is 0 Å². The second-order valence-electron chi connectivity index (χ2n) is 12.0. The number of para-hydroxylation sites is 1. The molecule has 1 unspecified atom stereocenters. The van der Waals surface area contributed by atoms with Gasteiger partial charge < -0.3 is 4.42 Å². The van der Waals surface area contributed by atoms with Crippen LogP contribution in [0.15, 0.2) is 156 Å². The van der Waals surface area contributed by atoms with Crippen molar-refractivity contribution in [2.45, 2.75) is 12.3 Å². The largest absolute Gasteiger partial charge is 0.455 e. The molecule has 6 aromatic carbocycles. The third-order valence-corrected chi connectivity index (χ3v) is 9.10. The number of benzene rings is 6. The number of aromatic nitrogens is 3. The fraction of sp³-hybridized carbons (Fsp3) is 0.0465. The van der Waals surface area contributed by atoms with Crippen LogP contribution in [0, 0.1) is 0 Å². The molecule has 8 aromatic rings. The van der Waals surface area contributed by atoms with Crippen molar-refractivity contribution in [1.82, 2.24) is 15.0 Å². The Balaban J connectivity index is 1.22. The van der Waals surface area contributed by atoms with Gasteiger partial charge in [-0.3, -0.25) is 0 Å². The van der Waals surface area contributed by atoms with Gasteiger partial charge in [0.05, 0.1) is 0 Å². The van der Waals surface area contributed by atoms with E-state index in [1.54, 1.807) is 0 Å². The molecule has 222 valence electrons. The first-order valence-corrected chi connectivity index (χ1v) is 16.0. The summed E-state index contributed by atoms with van der Waals surface area (Å²) in [5.41, 5.74) is 10.5. The van der Waals surface area contributed by atoms with Gasteiger partial charge in [0.25, 0.3) is 0 Å². The lowest BCUT2D eigenvalue weighted by Crippen LogP contribution is -2.06. The lowest BCUT2D eigenvalue weighted by molar-refractivity contribution is 0.670. The first-order valence-electron chi connectivity index (χ1n) is 16.0. The summed E-state index contributed by atoms with van der Waals surface area (Å²) >= 11 is 0. The van der Waals surface area contributed by atoms with Gasteiger partial charge >= 0.3 is 0 Å². The van der Waals surface area contributed by atoms with E-state index in [1.807, 2.05) is 54.6 Å². The molecule has 4 nitrogen and oxygen atoms in total. The lowest BCUT2D eigenvalue weighted by atomic mass is 9.84. The Labute approximate surface area is 272 Å². The standard InChI is InChI=1S/C43H29N3O/c1-4-12-28(13-5-1)31-20-21-33-27-34(23-22-32(33)26-31)42-44-41(30-16-8-3-9-17-30)45-43(46-42)37-25-24-35(29-14-6-2-7-15-29)40-39(37)36-18-10-11-19-38(36)47-40/h1-25,27,31H,26H2. The molecule has 2 heterocycles. The molecular weight excluding hydrogens is 574 g/mol. The Morgan fingerprint density at radius 1 is 0.532 bits per heavy atom. The Morgan fingerprint density at radius 3 is 1.96 bits per heavy atom. The molecule has 47 heavy (non-hydrogen) atoms. The average molecular weight is 604 g/mol. The maximum Gasteiger partial charge on any atom is 0.164 e. The fourth-order valence-corrected chi connectivity index (χ4v) is 6.73. The average Bonchev–Trinajstić information content (AvgIpc) is 3.55. The summed E-state index contributed by atoms with van der Waals surface area (Å²) in [4.78, 5) is 15.3. The van der Waals surface area contributed by atoms with Gasteiger partial charge in [-0.2, -0.15) is 0 Å². The van der Waals surface area contributed by atoms with Crippen LogP contribution in [-0.2, 0) is 6.42 Å². The van der Waals surface area contributed by atoms with Gasteiger partial charge in [-0.15, -0.1) is 0 Å². The molecule has 2 aromatic heterocycles. The van der Waals surface area contributed by atoms with Crippen LogP contribution in [0.5, 0.6) is 0 Å². The summed E-state index contributed by atoms with van der Waals surface area (Å²) in [6.07, 6.45) is 5.52. The van der Waals surface area contributed by atoms with Gasteiger partial charge in [0.1, 0.15) is 11.2 Å². The number of furan rings is 1. The van der Waals surface area contributed by atoms with Crippen LogP contribution < -0.4 is 0 Å². The third kappa shape index (κ3) is 4.91. The second-order valence-corrected chi connectivity index (χ2v) is 12.0. The molecule has 1 atom stereocenters. The summed E-state index contributed by atoms with van der Waals surface area (Å²) in [5, 5.41) is 2.03. The highest BCUT2D eigenvalue weighted by Crippen LogP contribution is 2.41. The molecule has 0 bridgehead atoms. The van der Waals surface area contributed by atoms with E-state index in [4.69, 9.17) is 19.4 Å².